The Bertz CT molecular complexity index is 1590. The molecule has 4 aromatic rings. The van der Waals surface area contributed by atoms with Crippen molar-refractivity contribution in [3.05, 3.63) is 91.2 Å². The fourth-order valence-electron chi connectivity index (χ4n) is 4.21. The van der Waals surface area contributed by atoms with Crippen molar-refractivity contribution in [1.29, 1.82) is 0 Å². The molecule has 2 aromatic carbocycles. The Labute approximate surface area is 237 Å². The molecule has 5 rings (SSSR count). The quantitative estimate of drug-likeness (QED) is 0.281. The van der Waals surface area contributed by atoms with E-state index in [1.165, 1.54) is 15.3 Å². The van der Waals surface area contributed by atoms with Gasteiger partial charge >= 0.3 is 17.3 Å². The second-order valence-electron chi connectivity index (χ2n) is 8.89. The Kier molecular flexibility index (Phi) is 8.58. The number of nitrogens with zero attached hydrogens (tertiary/aromatic N) is 4. The Morgan fingerprint density at radius 1 is 1.12 bits per heavy atom. The number of carbonyl (C=O) groups is 1. The van der Waals surface area contributed by atoms with E-state index < -0.39 is 17.3 Å². The number of hydrogen-bond acceptors (Lipinski definition) is 10. The molecule has 13 heteroatoms. The number of hydrogen-bond donors (Lipinski definition) is 1. The Morgan fingerprint density at radius 2 is 1.85 bits per heavy atom. The van der Waals surface area contributed by atoms with Crippen LogP contribution in [-0.4, -0.2) is 44.9 Å². The lowest BCUT2D eigenvalue weighted by Gasteiger charge is -2.24. The molecule has 0 bridgehead atoms. The van der Waals surface area contributed by atoms with Crippen LogP contribution in [0.3, 0.4) is 0 Å². The fourth-order valence-corrected chi connectivity index (χ4v) is 5.02. The predicted octanol–water partition coefficient (Wildman–Crippen LogP) is 4.63. The van der Waals surface area contributed by atoms with Gasteiger partial charge < -0.3 is 19.5 Å². The first-order chi connectivity index (χ1) is 19.4. The minimum Gasteiger partial charge on any atom is -0.462 e. The lowest BCUT2D eigenvalue weighted by molar-refractivity contribution is 0.0531. The summed E-state index contributed by atoms with van der Waals surface area (Å²) in [6.45, 7) is 3.15. The normalized spacial score (nSPS) is 13.7. The number of rotatable bonds is 9. The van der Waals surface area contributed by atoms with Gasteiger partial charge in [-0.15, -0.1) is 0 Å². The van der Waals surface area contributed by atoms with E-state index in [1.54, 1.807) is 43.3 Å². The van der Waals surface area contributed by atoms with Crippen molar-refractivity contribution in [2.45, 2.75) is 32.4 Å². The van der Waals surface area contributed by atoms with E-state index in [0.717, 1.165) is 16.9 Å². The molecule has 11 nitrogen and oxygen atoms in total. The summed E-state index contributed by atoms with van der Waals surface area (Å²) in [5, 5.41) is 3.97. The first kappa shape index (κ1) is 27.6. The number of halogens is 1. The van der Waals surface area contributed by atoms with Gasteiger partial charge in [0.05, 0.1) is 19.3 Å². The van der Waals surface area contributed by atoms with Crippen LogP contribution < -0.4 is 21.4 Å². The number of thiazole rings is 1. The van der Waals surface area contributed by atoms with Crippen molar-refractivity contribution < 1.29 is 19.0 Å². The maximum atomic E-state index is 13.6. The van der Waals surface area contributed by atoms with Gasteiger partial charge in [-0.1, -0.05) is 35.1 Å². The van der Waals surface area contributed by atoms with Crippen LogP contribution in [0, 0.1) is 0 Å². The van der Waals surface area contributed by atoms with Crippen molar-refractivity contribution in [2.75, 3.05) is 25.1 Å². The van der Waals surface area contributed by atoms with Gasteiger partial charge in [0.25, 0.3) is 5.19 Å². The van der Waals surface area contributed by atoms with E-state index >= 15 is 0 Å². The van der Waals surface area contributed by atoms with Gasteiger partial charge in [0, 0.05) is 30.0 Å². The van der Waals surface area contributed by atoms with E-state index in [-0.39, 0.29) is 25.1 Å². The van der Waals surface area contributed by atoms with Crippen LogP contribution in [0.25, 0.3) is 0 Å². The highest BCUT2D eigenvalue weighted by molar-refractivity contribution is 7.15. The molecule has 1 N–H and O–H groups in total. The molecule has 3 heterocycles. The van der Waals surface area contributed by atoms with Gasteiger partial charge in [-0.2, -0.15) is 4.98 Å². The first-order valence-corrected chi connectivity index (χ1v) is 13.8. The highest BCUT2D eigenvalue weighted by Gasteiger charge is 2.23. The van der Waals surface area contributed by atoms with Crippen LogP contribution in [0.5, 0.6) is 10.9 Å². The number of nitrogens with one attached hydrogen (secondary N) is 1. The maximum absolute atomic E-state index is 13.6. The van der Waals surface area contributed by atoms with E-state index in [0.29, 0.717) is 52.6 Å². The second kappa shape index (κ2) is 12.5. The summed E-state index contributed by atoms with van der Waals surface area (Å²) in [5.74, 6) is 0.142. The molecule has 0 radical (unpaired) electrons. The summed E-state index contributed by atoms with van der Waals surface area (Å²) >= 11 is 7.12. The highest BCUT2D eigenvalue weighted by atomic mass is 35.5. The molecule has 1 aliphatic rings. The largest absolute Gasteiger partial charge is 0.462 e. The maximum Gasteiger partial charge on any atom is 0.355 e. The molecule has 40 heavy (non-hydrogen) atoms. The topological polar surface area (TPSA) is 127 Å². The van der Waals surface area contributed by atoms with Crippen LogP contribution in [0.2, 0.25) is 5.02 Å². The van der Waals surface area contributed by atoms with Gasteiger partial charge in [-0.25, -0.2) is 23.9 Å². The third kappa shape index (κ3) is 6.41. The molecule has 0 atom stereocenters. The minimum atomic E-state index is -0.618. The lowest BCUT2D eigenvalue weighted by atomic mass is 10.1. The zero-order valence-electron chi connectivity index (χ0n) is 21.5. The number of carbonyl (C=O) groups excluding carboxylic acids is 1. The summed E-state index contributed by atoms with van der Waals surface area (Å²) in [6.07, 6.45) is 2.53. The van der Waals surface area contributed by atoms with Gasteiger partial charge in [0.1, 0.15) is 10.6 Å². The molecule has 1 aliphatic heterocycles. The summed E-state index contributed by atoms with van der Waals surface area (Å²) in [6, 6.07) is 13.7. The zero-order valence-corrected chi connectivity index (χ0v) is 23.1. The molecule has 0 amide bonds. The molecule has 0 spiro atoms. The van der Waals surface area contributed by atoms with Crippen molar-refractivity contribution in [1.82, 2.24) is 19.1 Å². The molecular formula is C27H26ClN5O6S. The van der Waals surface area contributed by atoms with Crippen LogP contribution >= 0.6 is 22.9 Å². The lowest BCUT2D eigenvalue weighted by Crippen LogP contribution is -2.45. The SMILES string of the molecule is CCOC(=O)c1cnc(Oc2ccc(Nc3nc(=O)n(C4CCOCC4)c(=O)n3Cc3ccc(Cl)cc3)cc2)s1. The van der Waals surface area contributed by atoms with Gasteiger partial charge in [0.15, 0.2) is 0 Å². The number of ether oxygens (including phenoxy) is 3. The number of benzene rings is 2. The van der Waals surface area contributed by atoms with Crippen LogP contribution in [-0.2, 0) is 16.0 Å². The molecule has 0 aliphatic carbocycles. The van der Waals surface area contributed by atoms with Crippen LogP contribution in [0.4, 0.5) is 11.6 Å². The minimum absolute atomic E-state index is 0.112. The molecular weight excluding hydrogens is 558 g/mol. The smallest absolute Gasteiger partial charge is 0.355 e. The molecule has 2 aromatic heterocycles. The van der Waals surface area contributed by atoms with E-state index in [4.69, 9.17) is 25.8 Å². The third-order valence-corrected chi connectivity index (χ3v) is 7.29. The predicted molar refractivity (Wildman–Crippen MR) is 150 cm³/mol. The van der Waals surface area contributed by atoms with Gasteiger partial charge in [0.2, 0.25) is 5.95 Å². The molecule has 0 saturated carbocycles. The van der Waals surface area contributed by atoms with E-state index in [2.05, 4.69) is 15.3 Å². The van der Waals surface area contributed by atoms with E-state index in [1.807, 2.05) is 12.1 Å². The first-order valence-electron chi connectivity index (χ1n) is 12.6. The van der Waals surface area contributed by atoms with E-state index in [9.17, 15) is 14.4 Å². The number of esters is 1. The third-order valence-electron chi connectivity index (χ3n) is 6.19. The molecule has 208 valence electrons. The Hall–Kier alpha value is -4.00. The Balaban J connectivity index is 1.40. The van der Waals surface area contributed by atoms with Crippen molar-refractivity contribution in [2.24, 2.45) is 0 Å². The standard InChI is InChI=1S/C27H26ClN5O6S/c1-2-38-23(34)22-15-29-26(40-22)39-21-9-7-19(8-10-21)30-24-31-25(35)33(20-11-13-37-14-12-20)27(36)32(24)16-17-3-5-18(28)6-4-17/h3-10,15,20H,2,11-14,16H2,1H3,(H,30,31,35). The van der Waals surface area contributed by atoms with Gasteiger partial charge in [-0.3, -0.25) is 4.57 Å². The van der Waals surface area contributed by atoms with Crippen molar-refractivity contribution in [3.63, 3.8) is 0 Å². The van der Waals surface area contributed by atoms with Crippen LogP contribution in [0.15, 0.2) is 64.3 Å². The monoisotopic (exact) mass is 583 g/mol. The molecule has 1 saturated heterocycles. The number of anilines is 2. The Morgan fingerprint density at radius 3 is 2.55 bits per heavy atom. The van der Waals surface area contributed by atoms with Crippen LogP contribution in [0.1, 0.15) is 41.0 Å². The number of aromatic nitrogens is 4. The fraction of sp³-hybridized carbons (Fsp3) is 0.296. The molecule has 1 fully saturated rings. The summed E-state index contributed by atoms with van der Waals surface area (Å²) in [4.78, 5) is 47.2. The summed E-state index contributed by atoms with van der Waals surface area (Å²) in [5.41, 5.74) is 0.333. The average Bonchev–Trinajstić information content (AvgIpc) is 3.42. The summed E-state index contributed by atoms with van der Waals surface area (Å²) in [7, 11) is 0. The molecule has 0 unspecified atom stereocenters. The average molecular weight is 584 g/mol. The van der Waals surface area contributed by atoms with Crippen molar-refractivity contribution >= 4 is 40.5 Å². The second-order valence-corrected chi connectivity index (χ2v) is 10.3. The summed E-state index contributed by atoms with van der Waals surface area (Å²) < 4.78 is 18.8. The zero-order chi connectivity index (χ0) is 28.1. The van der Waals surface area contributed by atoms with Crippen molar-refractivity contribution in [3.8, 4) is 10.9 Å². The highest BCUT2D eigenvalue weighted by Crippen LogP contribution is 2.28. The van der Waals surface area contributed by atoms with Gasteiger partial charge in [-0.05, 0) is 61.7 Å².